The highest BCUT2D eigenvalue weighted by molar-refractivity contribution is 5.36. The van der Waals surface area contributed by atoms with Gasteiger partial charge in [-0.25, -0.2) is 0 Å². The Bertz CT molecular complexity index is 558. The molecule has 0 radical (unpaired) electrons. The summed E-state index contributed by atoms with van der Waals surface area (Å²) >= 11 is 0. The van der Waals surface area contributed by atoms with E-state index in [9.17, 15) is 5.11 Å². The molecular formula is C15H17N3O. The highest BCUT2D eigenvalue weighted by Crippen LogP contribution is 2.32. The van der Waals surface area contributed by atoms with Gasteiger partial charge in [-0.2, -0.15) is 0 Å². The lowest BCUT2D eigenvalue weighted by Crippen LogP contribution is -2.31. The second-order valence-electron chi connectivity index (χ2n) is 4.97. The third-order valence-electron chi connectivity index (χ3n) is 3.66. The summed E-state index contributed by atoms with van der Waals surface area (Å²) in [6.45, 7) is 2.04. The molecule has 0 bridgehead atoms. The minimum Gasteiger partial charge on any atom is -0.391 e. The Hall–Kier alpha value is -1.78. The van der Waals surface area contributed by atoms with Gasteiger partial charge in [0.2, 0.25) is 0 Å². The van der Waals surface area contributed by atoms with Gasteiger partial charge in [-0.15, -0.1) is 0 Å². The molecule has 19 heavy (non-hydrogen) atoms. The summed E-state index contributed by atoms with van der Waals surface area (Å²) in [5.74, 6) is 0. The normalized spacial score (nSPS) is 23.1. The zero-order chi connectivity index (χ0) is 13.2. The fourth-order valence-corrected chi connectivity index (χ4v) is 2.66. The van der Waals surface area contributed by atoms with Crippen molar-refractivity contribution in [3.63, 3.8) is 0 Å². The van der Waals surface area contributed by atoms with E-state index in [-0.39, 0.29) is 18.2 Å². The van der Waals surface area contributed by atoms with Crippen molar-refractivity contribution in [2.24, 2.45) is 0 Å². The molecule has 1 heterocycles. The largest absolute Gasteiger partial charge is 0.391 e. The molecule has 0 saturated carbocycles. The van der Waals surface area contributed by atoms with Crippen LogP contribution in [0.2, 0.25) is 0 Å². The first kappa shape index (κ1) is 12.3. The molecule has 3 unspecified atom stereocenters. The van der Waals surface area contributed by atoms with Gasteiger partial charge < -0.3 is 5.11 Å². The lowest BCUT2D eigenvalue weighted by Gasteiger charge is -2.22. The van der Waals surface area contributed by atoms with E-state index in [0.717, 1.165) is 5.69 Å². The topological polar surface area (TPSA) is 58.0 Å². The van der Waals surface area contributed by atoms with Crippen LogP contribution in [0.25, 0.3) is 0 Å². The van der Waals surface area contributed by atoms with E-state index in [1.807, 2.05) is 19.1 Å². The van der Waals surface area contributed by atoms with Crippen LogP contribution in [0.15, 0.2) is 42.9 Å². The maximum Gasteiger partial charge on any atom is 0.0775 e. The van der Waals surface area contributed by atoms with Gasteiger partial charge in [0.1, 0.15) is 0 Å². The van der Waals surface area contributed by atoms with Crippen molar-refractivity contribution in [2.75, 3.05) is 0 Å². The van der Waals surface area contributed by atoms with Gasteiger partial charge in [0, 0.05) is 31.1 Å². The fourth-order valence-electron chi connectivity index (χ4n) is 2.66. The average Bonchev–Trinajstić information content (AvgIpc) is 2.76. The van der Waals surface area contributed by atoms with E-state index in [1.54, 1.807) is 18.6 Å². The Morgan fingerprint density at radius 3 is 2.95 bits per heavy atom. The number of hydrogen-bond acceptors (Lipinski definition) is 4. The van der Waals surface area contributed by atoms with Crippen LogP contribution in [0.4, 0.5) is 0 Å². The minimum atomic E-state index is -0.378. The SMILES string of the molecule is CC(NC1c2ccccc2CC1O)c1cnccn1. The molecule has 0 amide bonds. The summed E-state index contributed by atoms with van der Waals surface area (Å²) in [6.07, 6.45) is 5.44. The smallest absolute Gasteiger partial charge is 0.0775 e. The second-order valence-corrected chi connectivity index (χ2v) is 4.97. The van der Waals surface area contributed by atoms with Crippen molar-refractivity contribution < 1.29 is 5.11 Å². The van der Waals surface area contributed by atoms with Crippen molar-refractivity contribution in [2.45, 2.75) is 31.5 Å². The van der Waals surface area contributed by atoms with Crippen LogP contribution in [-0.2, 0) is 6.42 Å². The molecule has 0 spiro atoms. The van der Waals surface area contributed by atoms with Crippen molar-refractivity contribution in [3.05, 3.63) is 59.7 Å². The highest BCUT2D eigenvalue weighted by Gasteiger charge is 2.31. The lowest BCUT2D eigenvalue weighted by atomic mass is 10.1. The van der Waals surface area contributed by atoms with Gasteiger partial charge in [0.25, 0.3) is 0 Å². The Labute approximate surface area is 112 Å². The number of nitrogens with one attached hydrogen (secondary N) is 1. The second kappa shape index (κ2) is 5.07. The van der Waals surface area contributed by atoms with Crippen LogP contribution >= 0.6 is 0 Å². The van der Waals surface area contributed by atoms with E-state index >= 15 is 0 Å². The molecule has 3 rings (SSSR count). The summed E-state index contributed by atoms with van der Waals surface area (Å²) in [5.41, 5.74) is 3.30. The van der Waals surface area contributed by atoms with E-state index in [1.165, 1.54) is 11.1 Å². The number of fused-ring (bicyclic) bond motifs is 1. The van der Waals surface area contributed by atoms with Crippen LogP contribution in [0.3, 0.4) is 0 Å². The zero-order valence-corrected chi connectivity index (χ0v) is 10.8. The Balaban J connectivity index is 1.80. The number of benzene rings is 1. The molecule has 1 aliphatic carbocycles. The van der Waals surface area contributed by atoms with Crippen molar-refractivity contribution in [1.82, 2.24) is 15.3 Å². The number of aromatic nitrogens is 2. The predicted octanol–water partition coefficient (Wildman–Crippen LogP) is 1.79. The molecule has 1 aromatic carbocycles. The molecule has 98 valence electrons. The molecule has 1 aliphatic rings. The molecule has 0 aliphatic heterocycles. The highest BCUT2D eigenvalue weighted by atomic mass is 16.3. The number of aliphatic hydroxyl groups is 1. The minimum absolute atomic E-state index is 0.0341. The maximum atomic E-state index is 10.2. The summed E-state index contributed by atoms with van der Waals surface area (Å²) in [4.78, 5) is 8.37. The molecule has 2 aromatic rings. The fraction of sp³-hybridized carbons (Fsp3) is 0.333. The summed E-state index contributed by atoms with van der Waals surface area (Å²) in [6, 6.07) is 8.20. The first-order valence-corrected chi connectivity index (χ1v) is 6.53. The van der Waals surface area contributed by atoms with Gasteiger partial charge in [-0.05, 0) is 18.1 Å². The number of aliphatic hydroxyl groups excluding tert-OH is 1. The lowest BCUT2D eigenvalue weighted by molar-refractivity contribution is 0.135. The summed E-state index contributed by atoms with van der Waals surface area (Å²) in [5, 5.41) is 13.7. The Kier molecular flexibility index (Phi) is 3.27. The van der Waals surface area contributed by atoms with E-state index in [0.29, 0.717) is 6.42 Å². The average molecular weight is 255 g/mol. The van der Waals surface area contributed by atoms with Gasteiger partial charge in [-0.3, -0.25) is 15.3 Å². The van der Waals surface area contributed by atoms with Crippen LogP contribution in [0, 0.1) is 0 Å². The predicted molar refractivity (Wildman–Crippen MR) is 72.5 cm³/mol. The third kappa shape index (κ3) is 2.37. The molecule has 4 nitrogen and oxygen atoms in total. The van der Waals surface area contributed by atoms with Gasteiger partial charge in [0.15, 0.2) is 0 Å². The van der Waals surface area contributed by atoms with E-state index < -0.39 is 0 Å². The summed E-state index contributed by atoms with van der Waals surface area (Å²) < 4.78 is 0. The first-order chi connectivity index (χ1) is 9.25. The molecule has 3 atom stereocenters. The molecule has 0 fully saturated rings. The van der Waals surface area contributed by atoms with Crippen molar-refractivity contribution >= 4 is 0 Å². The molecule has 0 saturated heterocycles. The number of hydrogen-bond donors (Lipinski definition) is 2. The summed E-state index contributed by atoms with van der Waals surface area (Å²) in [7, 11) is 0. The zero-order valence-electron chi connectivity index (χ0n) is 10.8. The Morgan fingerprint density at radius 1 is 1.32 bits per heavy atom. The van der Waals surface area contributed by atoms with Crippen LogP contribution in [0.5, 0.6) is 0 Å². The van der Waals surface area contributed by atoms with Crippen molar-refractivity contribution in [1.29, 1.82) is 0 Å². The number of nitrogens with zero attached hydrogens (tertiary/aromatic N) is 2. The van der Waals surface area contributed by atoms with Gasteiger partial charge >= 0.3 is 0 Å². The van der Waals surface area contributed by atoms with Crippen molar-refractivity contribution in [3.8, 4) is 0 Å². The quantitative estimate of drug-likeness (QED) is 0.878. The van der Waals surface area contributed by atoms with Crippen LogP contribution in [-0.4, -0.2) is 21.2 Å². The molecule has 2 N–H and O–H groups in total. The van der Waals surface area contributed by atoms with Gasteiger partial charge in [-0.1, -0.05) is 24.3 Å². The standard InChI is InChI=1S/C15H17N3O/c1-10(13-9-16-6-7-17-13)18-15-12-5-3-2-4-11(12)8-14(15)19/h2-7,9-10,14-15,18-19H,8H2,1H3. The van der Waals surface area contributed by atoms with Crippen LogP contribution in [0.1, 0.15) is 35.8 Å². The van der Waals surface area contributed by atoms with Gasteiger partial charge in [0.05, 0.1) is 17.8 Å². The molecule has 1 aromatic heterocycles. The number of rotatable bonds is 3. The monoisotopic (exact) mass is 255 g/mol. The van der Waals surface area contributed by atoms with Crippen LogP contribution < -0.4 is 5.32 Å². The first-order valence-electron chi connectivity index (χ1n) is 6.53. The molecule has 4 heteroatoms. The maximum absolute atomic E-state index is 10.2. The Morgan fingerprint density at radius 2 is 2.16 bits per heavy atom. The molecular weight excluding hydrogens is 238 g/mol. The van der Waals surface area contributed by atoms with E-state index in [2.05, 4.69) is 27.4 Å². The van der Waals surface area contributed by atoms with E-state index in [4.69, 9.17) is 0 Å². The third-order valence-corrected chi connectivity index (χ3v) is 3.66.